The van der Waals surface area contributed by atoms with E-state index in [1.807, 2.05) is 55.5 Å². The number of benzene rings is 4. The largest absolute Gasteiger partial charge is 0.296 e. The van der Waals surface area contributed by atoms with E-state index in [-0.39, 0.29) is 18.2 Å². The SMILES string of the molecule is Cc1cccc(C(=O)Nc2nnc(CC(=O)N/N=C\c3c4ccccc4cc4ccccc34)s2)c1. The zero-order chi connectivity index (χ0) is 24.2. The number of fused-ring (bicyclic) bond motifs is 2. The lowest BCUT2D eigenvalue weighted by molar-refractivity contribution is -0.120. The van der Waals surface area contributed by atoms with Crippen molar-refractivity contribution in [2.24, 2.45) is 5.10 Å². The Kier molecular flexibility index (Phi) is 6.28. The monoisotopic (exact) mass is 479 g/mol. The predicted octanol–water partition coefficient (Wildman–Crippen LogP) is 5.10. The van der Waals surface area contributed by atoms with Gasteiger partial charge in [0.2, 0.25) is 11.0 Å². The fourth-order valence-corrected chi connectivity index (χ4v) is 4.60. The molecule has 0 fully saturated rings. The average molecular weight is 480 g/mol. The third kappa shape index (κ3) is 5.07. The van der Waals surface area contributed by atoms with E-state index in [2.05, 4.69) is 44.2 Å². The number of hydrogen-bond donors (Lipinski definition) is 2. The molecule has 0 aliphatic carbocycles. The number of aryl methyl sites for hydroxylation is 1. The Hall–Kier alpha value is -4.43. The van der Waals surface area contributed by atoms with Gasteiger partial charge < -0.3 is 0 Å². The van der Waals surface area contributed by atoms with Crippen molar-refractivity contribution in [1.29, 1.82) is 0 Å². The van der Waals surface area contributed by atoms with Crippen LogP contribution >= 0.6 is 11.3 Å². The van der Waals surface area contributed by atoms with Gasteiger partial charge in [0.05, 0.1) is 12.6 Å². The van der Waals surface area contributed by atoms with Crippen molar-refractivity contribution < 1.29 is 9.59 Å². The Bertz CT molecular complexity index is 1540. The smallest absolute Gasteiger partial charge is 0.257 e. The van der Waals surface area contributed by atoms with Crippen LogP contribution in [0.15, 0.2) is 84.0 Å². The third-order valence-electron chi connectivity index (χ3n) is 5.48. The minimum atomic E-state index is -0.321. The predicted molar refractivity (Wildman–Crippen MR) is 140 cm³/mol. The van der Waals surface area contributed by atoms with Crippen LogP contribution < -0.4 is 10.7 Å². The third-order valence-corrected chi connectivity index (χ3v) is 6.31. The molecule has 0 unspecified atom stereocenters. The van der Waals surface area contributed by atoms with E-state index in [1.54, 1.807) is 18.3 Å². The molecule has 0 spiro atoms. The standard InChI is InChI=1S/C27H21N5O2S/c1-17-7-6-10-20(13-17)26(34)29-27-32-31-25(35-27)15-24(33)30-28-16-23-21-11-4-2-8-18(21)14-19-9-3-5-12-22(19)23/h2-14,16H,15H2,1H3,(H,30,33)(H,29,32,34)/b28-16-. The number of aromatic nitrogens is 2. The zero-order valence-electron chi connectivity index (χ0n) is 18.9. The molecule has 4 aromatic carbocycles. The van der Waals surface area contributed by atoms with Crippen LogP contribution in [-0.4, -0.2) is 28.2 Å². The first-order valence-electron chi connectivity index (χ1n) is 11.0. The molecule has 0 aliphatic heterocycles. The summed E-state index contributed by atoms with van der Waals surface area (Å²) in [4.78, 5) is 24.8. The lowest BCUT2D eigenvalue weighted by Gasteiger charge is -2.07. The second-order valence-corrected chi connectivity index (χ2v) is 9.09. The molecule has 0 bridgehead atoms. The number of rotatable bonds is 6. The number of carbonyl (C=O) groups excluding carboxylic acids is 2. The van der Waals surface area contributed by atoms with E-state index in [0.717, 1.165) is 44.0 Å². The molecule has 8 heteroatoms. The van der Waals surface area contributed by atoms with Gasteiger partial charge in [-0.15, -0.1) is 10.2 Å². The first kappa shape index (κ1) is 22.4. The summed E-state index contributed by atoms with van der Waals surface area (Å²) in [5.41, 5.74) is 5.04. The fourth-order valence-electron chi connectivity index (χ4n) is 3.86. The molecule has 5 aromatic rings. The highest BCUT2D eigenvalue weighted by atomic mass is 32.1. The van der Waals surface area contributed by atoms with E-state index < -0.39 is 0 Å². The average Bonchev–Trinajstić information content (AvgIpc) is 3.30. The summed E-state index contributed by atoms with van der Waals surface area (Å²) < 4.78 is 0. The second-order valence-electron chi connectivity index (χ2n) is 8.03. The molecular formula is C27H21N5O2S. The molecule has 0 saturated carbocycles. The van der Waals surface area contributed by atoms with Crippen LogP contribution in [0.25, 0.3) is 21.5 Å². The second kappa shape index (κ2) is 9.82. The molecule has 1 aromatic heterocycles. The van der Waals surface area contributed by atoms with Gasteiger partial charge in [0.25, 0.3) is 5.91 Å². The molecule has 2 N–H and O–H groups in total. The highest BCUT2D eigenvalue weighted by Gasteiger charge is 2.13. The number of carbonyl (C=O) groups is 2. The van der Waals surface area contributed by atoms with Crippen molar-refractivity contribution in [3.05, 3.63) is 101 Å². The molecule has 0 saturated heterocycles. The maximum Gasteiger partial charge on any atom is 0.257 e. The summed E-state index contributed by atoms with van der Waals surface area (Å²) in [6.45, 7) is 1.92. The van der Waals surface area contributed by atoms with Gasteiger partial charge in [-0.3, -0.25) is 14.9 Å². The van der Waals surface area contributed by atoms with Gasteiger partial charge in [-0.1, -0.05) is 77.6 Å². The Morgan fingerprint density at radius 1 is 0.914 bits per heavy atom. The Morgan fingerprint density at radius 3 is 2.34 bits per heavy atom. The van der Waals surface area contributed by atoms with Crippen LogP contribution in [0, 0.1) is 6.92 Å². The number of nitrogens with zero attached hydrogens (tertiary/aromatic N) is 3. The quantitative estimate of drug-likeness (QED) is 0.201. The lowest BCUT2D eigenvalue weighted by atomic mass is 9.97. The summed E-state index contributed by atoms with van der Waals surface area (Å²) in [7, 11) is 0. The van der Waals surface area contributed by atoms with Crippen molar-refractivity contribution >= 4 is 56.0 Å². The van der Waals surface area contributed by atoms with Crippen LogP contribution in [0.2, 0.25) is 0 Å². The number of amides is 2. The number of hydrogen-bond acceptors (Lipinski definition) is 6. The van der Waals surface area contributed by atoms with E-state index in [9.17, 15) is 9.59 Å². The number of nitrogens with one attached hydrogen (secondary N) is 2. The minimum absolute atomic E-state index is 0.00556. The van der Waals surface area contributed by atoms with Crippen LogP contribution in [0.5, 0.6) is 0 Å². The summed E-state index contributed by atoms with van der Waals surface area (Å²) in [6.07, 6.45) is 1.68. The molecule has 1 heterocycles. The van der Waals surface area contributed by atoms with Crippen molar-refractivity contribution in [2.75, 3.05) is 5.32 Å². The highest BCUT2D eigenvalue weighted by molar-refractivity contribution is 7.15. The zero-order valence-corrected chi connectivity index (χ0v) is 19.7. The van der Waals surface area contributed by atoms with Gasteiger partial charge in [-0.25, -0.2) is 5.43 Å². The molecule has 7 nitrogen and oxygen atoms in total. The summed E-state index contributed by atoms with van der Waals surface area (Å²) in [5, 5.41) is 20.0. The minimum Gasteiger partial charge on any atom is -0.296 e. The fraction of sp³-hybridized carbons (Fsp3) is 0.0741. The van der Waals surface area contributed by atoms with Gasteiger partial charge in [-0.2, -0.15) is 5.10 Å². The Balaban J connectivity index is 1.26. The molecule has 0 radical (unpaired) electrons. The van der Waals surface area contributed by atoms with Crippen molar-refractivity contribution in [2.45, 2.75) is 13.3 Å². The first-order chi connectivity index (χ1) is 17.1. The highest BCUT2D eigenvalue weighted by Crippen LogP contribution is 2.27. The lowest BCUT2D eigenvalue weighted by Crippen LogP contribution is -2.19. The van der Waals surface area contributed by atoms with Crippen LogP contribution in [-0.2, 0) is 11.2 Å². The van der Waals surface area contributed by atoms with Gasteiger partial charge >= 0.3 is 0 Å². The normalized spacial score (nSPS) is 11.2. The molecule has 172 valence electrons. The molecule has 2 amide bonds. The van der Waals surface area contributed by atoms with Crippen molar-refractivity contribution in [3.8, 4) is 0 Å². The van der Waals surface area contributed by atoms with Gasteiger partial charge in [0.1, 0.15) is 5.01 Å². The summed E-state index contributed by atoms with van der Waals surface area (Å²) >= 11 is 1.16. The number of hydrazone groups is 1. The topological polar surface area (TPSA) is 96.3 Å². The Morgan fingerprint density at radius 2 is 1.63 bits per heavy atom. The number of anilines is 1. The van der Waals surface area contributed by atoms with Gasteiger partial charge in [-0.05, 0) is 46.7 Å². The van der Waals surface area contributed by atoms with Gasteiger partial charge in [0, 0.05) is 11.1 Å². The van der Waals surface area contributed by atoms with E-state index in [1.165, 1.54) is 0 Å². The molecule has 35 heavy (non-hydrogen) atoms. The van der Waals surface area contributed by atoms with Crippen molar-refractivity contribution in [1.82, 2.24) is 15.6 Å². The van der Waals surface area contributed by atoms with Crippen LogP contribution in [0.1, 0.15) is 26.5 Å². The molecule has 0 atom stereocenters. The van der Waals surface area contributed by atoms with Gasteiger partial charge in [0.15, 0.2) is 0 Å². The summed E-state index contributed by atoms with van der Waals surface area (Å²) in [5.74, 6) is -0.591. The molecular weight excluding hydrogens is 458 g/mol. The van der Waals surface area contributed by atoms with E-state index in [0.29, 0.717) is 15.7 Å². The first-order valence-corrected chi connectivity index (χ1v) is 11.8. The molecule has 5 rings (SSSR count). The maximum atomic E-state index is 12.4. The Labute approximate surface area is 205 Å². The maximum absolute atomic E-state index is 12.4. The summed E-state index contributed by atoms with van der Waals surface area (Å²) in [6, 6.07) is 25.6. The van der Waals surface area contributed by atoms with E-state index in [4.69, 9.17) is 0 Å². The molecule has 0 aliphatic rings. The van der Waals surface area contributed by atoms with Crippen LogP contribution in [0.3, 0.4) is 0 Å². The van der Waals surface area contributed by atoms with Crippen LogP contribution in [0.4, 0.5) is 5.13 Å². The van der Waals surface area contributed by atoms with E-state index >= 15 is 0 Å². The van der Waals surface area contributed by atoms with Crippen molar-refractivity contribution in [3.63, 3.8) is 0 Å².